The van der Waals surface area contributed by atoms with Gasteiger partial charge >= 0.3 is 0 Å². The predicted molar refractivity (Wildman–Crippen MR) is 102 cm³/mol. The van der Waals surface area contributed by atoms with Crippen molar-refractivity contribution in [2.45, 2.75) is 32.7 Å². The van der Waals surface area contributed by atoms with Gasteiger partial charge in [0.2, 0.25) is 0 Å². The van der Waals surface area contributed by atoms with E-state index in [-0.39, 0.29) is 5.91 Å². The van der Waals surface area contributed by atoms with Gasteiger partial charge < -0.3 is 9.47 Å². The summed E-state index contributed by atoms with van der Waals surface area (Å²) in [6.07, 6.45) is 10.4. The van der Waals surface area contributed by atoms with Crippen LogP contribution in [-0.4, -0.2) is 48.2 Å². The molecule has 0 saturated carbocycles. The maximum atomic E-state index is 12.9. The minimum absolute atomic E-state index is 0.105. The number of carbonyl (C=O) groups excluding carboxylic acids is 1. The molecule has 2 aromatic heterocycles. The molecule has 0 aliphatic carbocycles. The van der Waals surface area contributed by atoms with Crippen LogP contribution in [0.1, 0.15) is 35.4 Å². The Morgan fingerprint density at radius 2 is 1.96 bits per heavy atom. The number of amides is 1. The van der Waals surface area contributed by atoms with Gasteiger partial charge in [-0.2, -0.15) is 0 Å². The number of benzene rings is 1. The highest BCUT2D eigenvalue weighted by atomic mass is 16.2. The number of nitrogens with zero attached hydrogens (tertiary/aromatic N) is 6. The minimum Gasteiger partial charge on any atom is -0.339 e. The van der Waals surface area contributed by atoms with E-state index in [0.29, 0.717) is 11.5 Å². The summed E-state index contributed by atoms with van der Waals surface area (Å²) in [7, 11) is 0. The highest BCUT2D eigenvalue weighted by molar-refractivity contribution is 5.94. The summed E-state index contributed by atoms with van der Waals surface area (Å²) in [5.74, 6) is 1.84. The van der Waals surface area contributed by atoms with Gasteiger partial charge in [-0.25, -0.2) is 4.98 Å². The van der Waals surface area contributed by atoms with Crippen molar-refractivity contribution in [3.63, 3.8) is 0 Å². The quantitative estimate of drug-likeness (QED) is 0.698. The van der Waals surface area contributed by atoms with E-state index in [1.165, 1.54) is 0 Å². The van der Waals surface area contributed by atoms with E-state index in [4.69, 9.17) is 0 Å². The highest BCUT2D eigenvalue weighted by Crippen LogP contribution is 2.23. The van der Waals surface area contributed by atoms with E-state index >= 15 is 0 Å². The lowest BCUT2D eigenvalue weighted by molar-refractivity contribution is 0.0685. The van der Waals surface area contributed by atoms with Crippen molar-refractivity contribution in [2.24, 2.45) is 5.92 Å². The molecule has 0 radical (unpaired) electrons. The Balaban J connectivity index is 1.33. The molecule has 1 aromatic carbocycles. The monoisotopic (exact) mass is 364 g/mol. The number of likely N-dealkylation sites (tertiary alicyclic amines) is 1. The van der Waals surface area contributed by atoms with Crippen molar-refractivity contribution in [1.82, 2.24) is 29.2 Å². The summed E-state index contributed by atoms with van der Waals surface area (Å²) < 4.78 is 4.01. The van der Waals surface area contributed by atoms with Gasteiger partial charge in [0.15, 0.2) is 0 Å². The number of imidazole rings is 1. The topological polar surface area (TPSA) is 68.8 Å². The molecule has 4 rings (SSSR count). The molecule has 3 aromatic rings. The Kier molecular flexibility index (Phi) is 5.00. The number of aryl methyl sites for hydroxylation is 2. The number of rotatable bonds is 5. The van der Waals surface area contributed by atoms with Gasteiger partial charge in [-0.05, 0) is 50.3 Å². The van der Waals surface area contributed by atoms with Gasteiger partial charge in [0.05, 0.1) is 0 Å². The van der Waals surface area contributed by atoms with Crippen LogP contribution in [0, 0.1) is 12.8 Å². The van der Waals surface area contributed by atoms with Crippen molar-refractivity contribution < 1.29 is 4.79 Å². The fourth-order valence-electron chi connectivity index (χ4n) is 3.70. The van der Waals surface area contributed by atoms with Crippen LogP contribution < -0.4 is 0 Å². The Morgan fingerprint density at radius 1 is 1.19 bits per heavy atom. The molecule has 1 aliphatic rings. The zero-order valence-corrected chi connectivity index (χ0v) is 15.5. The van der Waals surface area contributed by atoms with Crippen molar-refractivity contribution in [3.05, 3.63) is 60.7 Å². The van der Waals surface area contributed by atoms with Crippen LogP contribution in [0.4, 0.5) is 0 Å². The molecule has 0 N–H and O–H groups in total. The second-order valence-electron chi connectivity index (χ2n) is 7.11. The summed E-state index contributed by atoms with van der Waals surface area (Å²) >= 11 is 0. The standard InChI is InChI=1S/C20H24N6O/c1-16-21-8-12-24(16)9-5-17-6-10-25(11-7-17)20(27)18-3-2-4-19(13-18)26-14-22-23-15-26/h2-4,8,12-15,17H,5-7,9-11H2,1H3. The number of aromatic nitrogens is 5. The Labute approximate surface area is 158 Å². The van der Waals surface area contributed by atoms with Gasteiger partial charge in [0, 0.05) is 43.3 Å². The largest absolute Gasteiger partial charge is 0.339 e. The van der Waals surface area contributed by atoms with Gasteiger partial charge in [0.1, 0.15) is 18.5 Å². The Morgan fingerprint density at radius 3 is 2.67 bits per heavy atom. The average molecular weight is 364 g/mol. The fraction of sp³-hybridized carbons (Fsp3) is 0.400. The molecule has 0 unspecified atom stereocenters. The Hall–Kier alpha value is -2.96. The van der Waals surface area contributed by atoms with E-state index in [1.54, 1.807) is 17.2 Å². The molecule has 0 atom stereocenters. The first kappa shape index (κ1) is 17.5. The first-order valence-corrected chi connectivity index (χ1v) is 9.43. The lowest BCUT2D eigenvalue weighted by atomic mass is 9.93. The van der Waals surface area contributed by atoms with E-state index in [0.717, 1.165) is 50.4 Å². The maximum Gasteiger partial charge on any atom is 0.253 e. The van der Waals surface area contributed by atoms with Crippen LogP contribution in [0.2, 0.25) is 0 Å². The van der Waals surface area contributed by atoms with Gasteiger partial charge in [-0.1, -0.05) is 6.07 Å². The molecule has 1 amide bonds. The molecular formula is C20H24N6O. The van der Waals surface area contributed by atoms with E-state index in [1.807, 2.05) is 48.5 Å². The second kappa shape index (κ2) is 7.73. The number of hydrogen-bond acceptors (Lipinski definition) is 4. The SMILES string of the molecule is Cc1nccn1CCC1CCN(C(=O)c2cccc(-n3cnnc3)c2)CC1. The molecule has 7 heteroatoms. The highest BCUT2D eigenvalue weighted by Gasteiger charge is 2.23. The fourth-order valence-corrected chi connectivity index (χ4v) is 3.70. The summed E-state index contributed by atoms with van der Waals surface area (Å²) in [6, 6.07) is 7.64. The van der Waals surface area contributed by atoms with E-state index in [9.17, 15) is 4.79 Å². The molecule has 7 nitrogen and oxygen atoms in total. The smallest absolute Gasteiger partial charge is 0.253 e. The van der Waals surface area contributed by atoms with Crippen LogP contribution in [-0.2, 0) is 6.54 Å². The third kappa shape index (κ3) is 3.92. The van der Waals surface area contributed by atoms with Crippen LogP contribution >= 0.6 is 0 Å². The minimum atomic E-state index is 0.105. The Bertz CT molecular complexity index is 893. The zero-order chi connectivity index (χ0) is 18.6. The summed E-state index contributed by atoms with van der Waals surface area (Å²) in [5.41, 5.74) is 1.62. The summed E-state index contributed by atoms with van der Waals surface area (Å²) in [4.78, 5) is 19.1. The zero-order valence-electron chi connectivity index (χ0n) is 15.5. The second-order valence-corrected chi connectivity index (χ2v) is 7.11. The molecule has 0 bridgehead atoms. The summed E-state index contributed by atoms with van der Waals surface area (Å²) in [5, 5.41) is 7.65. The number of carbonyl (C=O) groups is 1. The van der Waals surface area contributed by atoms with Crippen LogP contribution in [0.3, 0.4) is 0 Å². The molecule has 1 saturated heterocycles. The van der Waals surface area contributed by atoms with Crippen molar-refractivity contribution in [1.29, 1.82) is 0 Å². The number of piperidine rings is 1. The lowest BCUT2D eigenvalue weighted by Crippen LogP contribution is -2.38. The van der Waals surface area contributed by atoms with Crippen molar-refractivity contribution in [3.8, 4) is 5.69 Å². The molecule has 27 heavy (non-hydrogen) atoms. The predicted octanol–water partition coefficient (Wildman–Crippen LogP) is 2.71. The molecular weight excluding hydrogens is 340 g/mol. The summed E-state index contributed by atoms with van der Waals surface area (Å²) in [6.45, 7) is 4.69. The van der Waals surface area contributed by atoms with Gasteiger partial charge in [-0.3, -0.25) is 9.36 Å². The van der Waals surface area contributed by atoms with Crippen LogP contribution in [0.15, 0.2) is 49.3 Å². The van der Waals surface area contributed by atoms with Gasteiger partial charge in [-0.15, -0.1) is 10.2 Å². The van der Waals surface area contributed by atoms with Gasteiger partial charge in [0.25, 0.3) is 5.91 Å². The molecule has 1 aliphatic heterocycles. The van der Waals surface area contributed by atoms with Crippen LogP contribution in [0.25, 0.3) is 5.69 Å². The van der Waals surface area contributed by atoms with E-state index in [2.05, 4.69) is 19.7 Å². The first-order valence-electron chi connectivity index (χ1n) is 9.43. The number of hydrogen-bond donors (Lipinski definition) is 0. The molecule has 3 heterocycles. The average Bonchev–Trinajstić information content (AvgIpc) is 3.38. The molecule has 0 spiro atoms. The first-order chi connectivity index (χ1) is 13.2. The van der Waals surface area contributed by atoms with Crippen LogP contribution in [0.5, 0.6) is 0 Å². The van der Waals surface area contributed by atoms with E-state index < -0.39 is 0 Å². The maximum absolute atomic E-state index is 12.9. The normalized spacial score (nSPS) is 15.2. The third-order valence-electron chi connectivity index (χ3n) is 5.41. The molecule has 140 valence electrons. The van der Waals surface area contributed by atoms with Crippen molar-refractivity contribution >= 4 is 5.91 Å². The third-order valence-corrected chi connectivity index (χ3v) is 5.41. The van der Waals surface area contributed by atoms with Crippen molar-refractivity contribution in [2.75, 3.05) is 13.1 Å². The lowest BCUT2D eigenvalue weighted by Gasteiger charge is -2.32. The molecule has 1 fully saturated rings.